The first-order valence-corrected chi connectivity index (χ1v) is 8.36. The van der Waals surface area contributed by atoms with Gasteiger partial charge in [-0.2, -0.15) is 0 Å². The molecule has 0 bridgehead atoms. The van der Waals surface area contributed by atoms with Gasteiger partial charge in [0, 0.05) is 28.1 Å². The molecule has 0 atom stereocenters. The third kappa shape index (κ3) is 4.01. The van der Waals surface area contributed by atoms with E-state index < -0.39 is 6.36 Å². The lowest BCUT2D eigenvalue weighted by atomic mass is 10.00. The summed E-state index contributed by atoms with van der Waals surface area (Å²) in [7, 11) is 0. The molecule has 25 heavy (non-hydrogen) atoms. The number of hydrogen-bond acceptors (Lipinski definition) is 4. The predicted octanol–water partition coefficient (Wildman–Crippen LogP) is 4.33. The zero-order valence-electron chi connectivity index (χ0n) is 12.7. The zero-order valence-corrected chi connectivity index (χ0v) is 14.9. The van der Waals surface area contributed by atoms with Crippen molar-refractivity contribution >= 4 is 33.6 Å². The molecule has 0 saturated carbocycles. The van der Waals surface area contributed by atoms with Gasteiger partial charge < -0.3 is 9.84 Å². The van der Waals surface area contributed by atoms with Gasteiger partial charge in [-0.15, -0.1) is 13.2 Å². The van der Waals surface area contributed by atoms with Crippen LogP contribution in [0.1, 0.15) is 5.56 Å². The molecule has 3 rings (SSSR count). The van der Waals surface area contributed by atoms with Crippen LogP contribution in [0.3, 0.4) is 0 Å². The zero-order chi connectivity index (χ0) is 18.0. The molecule has 0 aliphatic carbocycles. The van der Waals surface area contributed by atoms with Crippen molar-refractivity contribution in [2.45, 2.75) is 12.8 Å². The van der Waals surface area contributed by atoms with E-state index in [1.54, 1.807) is 24.5 Å². The van der Waals surface area contributed by atoms with Crippen LogP contribution in [0.15, 0.2) is 42.7 Å². The predicted molar refractivity (Wildman–Crippen MR) is 95.2 cm³/mol. The fraction of sp³-hybridized carbons (Fsp3) is 0.176. The smallest absolute Gasteiger partial charge is 0.406 e. The molecule has 2 aromatic carbocycles. The van der Waals surface area contributed by atoms with Crippen LogP contribution < -0.4 is 4.74 Å². The van der Waals surface area contributed by atoms with Crippen molar-refractivity contribution in [1.82, 2.24) is 9.97 Å². The second-order valence-electron chi connectivity index (χ2n) is 5.18. The van der Waals surface area contributed by atoms with Crippen LogP contribution in [-0.2, 0) is 6.42 Å². The molecule has 3 aromatic rings. The van der Waals surface area contributed by atoms with Gasteiger partial charge >= 0.3 is 6.36 Å². The van der Waals surface area contributed by atoms with E-state index in [0.29, 0.717) is 23.0 Å². The fourth-order valence-electron chi connectivity index (χ4n) is 2.56. The molecule has 0 aliphatic heterocycles. The number of rotatable bonds is 4. The molecule has 4 nitrogen and oxygen atoms in total. The maximum absolute atomic E-state index is 12.3. The number of fused-ring (bicyclic) bond motifs is 1. The first-order chi connectivity index (χ1) is 11.9. The number of nitrogens with zero attached hydrogens (tertiary/aromatic N) is 2. The van der Waals surface area contributed by atoms with Crippen molar-refractivity contribution in [3.05, 3.63) is 51.9 Å². The molecular formula is C17H12F3IN2O2. The van der Waals surface area contributed by atoms with Gasteiger partial charge in [0.05, 0.1) is 11.0 Å². The second kappa shape index (κ2) is 7.12. The highest BCUT2D eigenvalue weighted by atomic mass is 127. The molecule has 0 spiro atoms. The summed E-state index contributed by atoms with van der Waals surface area (Å²) >= 11 is 2.16. The summed E-state index contributed by atoms with van der Waals surface area (Å²) in [5.74, 6) is -0.279. The Balaban J connectivity index is 2.08. The number of hydrogen-bond donors (Lipinski definition) is 1. The first-order valence-electron chi connectivity index (χ1n) is 7.28. The Morgan fingerprint density at radius 2 is 1.68 bits per heavy atom. The molecule has 8 heteroatoms. The highest BCUT2D eigenvalue weighted by Gasteiger charge is 2.31. The average molecular weight is 460 g/mol. The Kier molecular flexibility index (Phi) is 5.09. The van der Waals surface area contributed by atoms with Crippen molar-refractivity contribution < 1.29 is 23.0 Å². The van der Waals surface area contributed by atoms with Crippen LogP contribution in [0.5, 0.6) is 5.75 Å². The monoisotopic (exact) mass is 460 g/mol. The van der Waals surface area contributed by atoms with Crippen molar-refractivity contribution in [2.24, 2.45) is 0 Å². The number of aromatic nitrogens is 2. The molecule has 1 heterocycles. The van der Waals surface area contributed by atoms with Crippen LogP contribution in [0, 0.1) is 3.57 Å². The maximum Gasteiger partial charge on any atom is 0.573 e. The maximum atomic E-state index is 12.3. The molecule has 0 unspecified atom stereocenters. The summed E-state index contributed by atoms with van der Waals surface area (Å²) in [4.78, 5) is 8.73. The summed E-state index contributed by atoms with van der Waals surface area (Å²) in [6.45, 7) is -0.00942. The van der Waals surface area contributed by atoms with Gasteiger partial charge in [0.2, 0.25) is 0 Å². The third-order valence-corrected chi connectivity index (χ3v) is 4.52. The minimum absolute atomic E-state index is 0.00942. The number of alkyl halides is 3. The van der Waals surface area contributed by atoms with Gasteiger partial charge in [-0.3, -0.25) is 9.97 Å². The number of benzene rings is 2. The summed E-state index contributed by atoms with van der Waals surface area (Å²) in [5, 5.41) is 9.26. The standard InChI is InChI=1S/C17H12F3IN2O2/c18-17(19,20)25-11-3-1-10(2-4-11)13-9-14(21)12(5-8-24)15-16(13)23-7-6-22-15/h1-4,6-7,9,24H,5,8H2. The number of aliphatic hydroxyl groups excluding tert-OH is 1. The number of ether oxygens (including phenoxy) is 1. The minimum Gasteiger partial charge on any atom is -0.406 e. The average Bonchev–Trinajstić information content (AvgIpc) is 2.56. The van der Waals surface area contributed by atoms with Gasteiger partial charge in [-0.1, -0.05) is 12.1 Å². The highest BCUT2D eigenvalue weighted by Crippen LogP contribution is 2.33. The Bertz CT molecular complexity index is 899. The first kappa shape index (κ1) is 17.9. The number of aliphatic hydroxyl groups is 1. The van der Waals surface area contributed by atoms with Gasteiger partial charge in [-0.25, -0.2) is 0 Å². The van der Waals surface area contributed by atoms with Crippen molar-refractivity contribution in [2.75, 3.05) is 6.61 Å². The van der Waals surface area contributed by atoms with Crippen LogP contribution in [0.25, 0.3) is 22.2 Å². The molecule has 0 fully saturated rings. The molecule has 130 valence electrons. The van der Waals surface area contributed by atoms with E-state index in [1.165, 1.54) is 12.1 Å². The van der Waals surface area contributed by atoms with Crippen LogP contribution in [-0.4, -0.2) is 28.0 Å². The minimum atomic E-state index is -4.72. The van der Waals surface area contributed by atoms with E-state index in [-0.39, 0.29) is 12.4 Å². The molecule has 1 N–H and O–H groups in total. The Morgan fingerprint density at radius 3 is 2.28 bits per heavy atom. The Morgan fingerprint density at radius 1 is 1.04 bits per heavy atom. The Labute approximate surface area is 154 Å². The lowest BCUT2D eigenvalue weighted by molar-refractivity contribution is -0.274. The molecule has 0 radical (unpaired) electrons. The summed E-state index contributed by atoms with van der Waals surface area (Å²) in [6, 6.07) is 7.51. The normalized spacial score (nSPS) is 11.7. The van der Waals surface area contributed by atoms with Gasteiger partial charge in [0.1, 0.15) is 5.75 Å². The van der Waals surface area contributed by atoms with E-state index in [9.17, 15) is 18.3 Å². The van der Waals surface area contributed by atoms with Crippen LogP contribution in [0.4, 0.5) is 13.2 Å². The molecule has 1 aromatic heterocycles. The van der Waals surface area contributed by atoms with Crippen molar-refractivity contribution in [3.63, 3.8) is 0 Å². The summed E-state index contributed by atoms with van der Waals surface area (Å²) in [5.41, 5.74) is 3.66. The summed E-state index contributed by atoms with van der Waals surface area (Å²) < 4.78 is 41.6. The quantitative estimate of drug-likeness (QED) is 0.589. The molecular weight excluding hydrogens is 448 g/mol. The largest absolute Gasteiger partial charge is 0.573 e. The van der Waals surface area contributed by atoms with E-state index in [2.05, 4.69) is 37.3 Å². The Hall–Kier alpha value is -1.94. The molecule has 0 aliphatic rings. The second-order valence-corrected chi connectivity index (χ2v) is 6.35. The highest BCUT2D eigenvalue weighted by molar-refractivity contribution is 14.1. The van der Waals surface area contributed by atoms with Gasteiger partial charge in [-0.05, 0) is 58.3 Å². The SMILES string of the molecule is OCCc1c(I)cc(-c2ccc(OC(F)(F)F)cc2)c2nccnc12. The van der Waals surface area contributed by atoms with E-state index in [4.69, 9.17) is 0 Å². The lowest BCUT2D eigenvalue weighted by Gasteiger charge is -2.13. The molecule has 0 amide bonds. The van der Waals surface area contributed by atoms with E-state index in [1.807, 2.05) is 6.07 Å². The van der Waals surface area contributed by atoms with E-state index >= 15 is 0 Å². The van der Waals surface area contributed by atoms with Gasteiger partial charge in [0.25, 0.3) is 0 Å². The van der Waals surface area contributed by atoms with Crippen LogP contribution in [0.2, 0.25) is 0 Å². The third-order valence-electron chi connectivity index (χ3n) is 3.56. The fourth-order valence-corrected chi connectivity index (χ4v) is 3.39. The molecule has 0 saturated heterocycles. The van der Waals surface area contributed by atoms with Crippen molar-refractivity contribution in [3.8, 4) is 16.9 Å². The van der Waals surface area contributed by atoms with Gasteiger partial charge in [0.15, 0.2) is 0 Å². The topological polar surface area (TPSA) is 55.2 Å². The lowest BCUT2D eigenvalue weighted by Crippen LogP contribution is -2.16. The van der Waals surface area contributed by atoms with Crippen LogP contribution >= 0.6 is 22.6 Å². The van der Waals surface area contributed by atoms with Crippen molar-refractivity contribution in [1.29, 1.82) is 0 Å². The number of halogens is 4. The summed E-state index contributed by atoms with van der Waals surface area (Å²) in [6.07, 6.45) is -1.14. The van der Waals surface area contributed by atoms with E-state index in [0.717, 1.165) is 14.7 Å².